The van der Waals surface area contributed by atoms with Gasteiger partial charge < -0.3 is 14.6 Å². The molecule has 1 aromatic heterocycles. The Bertz CT molecular complexity index is 1860. The number of hydrogen-bond donors (Lipinski definition) is 1. The highest BCUT2D eigenvalue weighted by molar-refractivity contribution is 6.08. The lowest BCUT2D eigenvalue weighted by molar-refractivity contribution is -0.385. The first kappa shape index (κ1) is 33.0. The fraction of sp³-hybridized carbons (Fsp3) is 0.290. The van der Waals surface area contributed by atoms with Gasteiger partial charge in [-0.15, -0.1) is 0 Å². The molecule has 15 nitrogen and oxygen atoms in total. The number of nitro groups is 2. The van der Waals surface area contributed by atoms with Crippen LogP contribution in [0.3, 0.4) is 0 Å². The fourth-order valence-corrected chi connectivity index (χ4v) is 5.33. The Kier molecular flexibility index (Phi) is 10.3. The summed E-state index contributed by atoms with van der Waals surface area (Å²) in [5, 5.41) is 25.3. The quantitative estimate of drug-likeness (QED) is 0.172. The number of aromatic nitrogens is 1. The van der Waals surface area contributed by atoms with E-state index in [-0.39, 0.29) is 84.0 Å². The Hall–Kier alpha value is -5.86. The molecule has 2 atom stereocenters. The number of rotatable bonds is 7. The van der Waals surface area contributed by atoms with Crippen LogP contribution in [0.4, 0.5) is 11.4 Å². The van der Waals surface area contributed by atoms with E-state index in [2.05, 4.69) is 5.32 Å². The van der Waals surface area contributed by atoms with Crippen LogP contribution in [0.25, 0.3) is 16.8 Å². The molecule has 0 bridgehead atoms. The van der Waals surface area contributed by atoms with E-state index in [1.54, 1.807) is 12.1 Å². The molecule has 5 rings (SSSR count). The first-order chi connectivity index (χ1) is 21.9. The normalized spacial score (nSPS) is 18.2. The number of carbonyl (C=O) groups is 5. The minimum absolute atomic E-state index is 0.0142. The number of pyridine rings is 1. The van der Waals surface area contributed by atoms with Crippen molar-refractivity contribution in [2.24, 2.45) is 0 Å². The minimum atomic E-state index is -0.811. The van der Waals surface area contributed by atoms with Gasteiger partial charge in [0.25, 0.3) is 22.8 Å². The molecule has 15 heteroatoms. The number of fused-ring (bicyclic) bond motifs is 1. The standard InChI is InChI=1S/C16H16N2O6.C15H12N2O5/c1-24-8-7-10-3-2-4-13(18(22)23)15(10)16(21)17-12-6-5-11(19)9-14(12)20;18-10-4-5-11(13(19)8-10)16-7-6-9-2-1-3-12(17(21)22)14(9)15(16)20/h2-4,7-8,12H,5-6,9H2,1H3,(H,17,21);1-3,6-7,11H,4-5,8H2/b8-7+;. The monoisotopic (exact) mass is 632 g/mol. The van der Waals surface area contributed by atoms with Crippen LogP contribution in [0.15, 0.2) is 59.7 Å². The van der Waals surface area contributed by atoms with Crippen molar-refractivity contribution in [2.45, 2.75) is 50.6 Å². The maximum atomic E-state index is 12.6. The van der Waals surface area contributed by atoms with Crippen molar-refractivity contribution < 1.29 is 38.6 Å². The van der Waals surface area contributed by atoms with E-state index in [0.717, 1.165) is 0 Å². The van der Waals surface area contributed by atoms with Crippen LogP contribution in [0.1, 0.15) is 60.5 Å². The highest BCUT2D eigenvalue weighted by atomic mass is 16.6. The molecule has 0 saturated heterocycles. The number of ether oxygens (including phenoxy) is 1. The van der Waals surface area contributed by atoms with E-state index in [0.29, 0.717) is 10.9 Å². The van der Waals surface area contributed by atoms with Gasteiger partial charge in [0.2, 0.25) is 0 Å². The second-order valence-electron chi connectivity index (χ2n) is 10.5. The molecule has 0 aliphatic heterocycles. The Balaban J connectivity index is 0.000000209. The summed E-state index contributed by atoms with van der Waals surface area (Å²) < 4.78 is 6.00. The van der Waals surface area contributed by atoms with Crippen molar-refractivity contribution in [1.29, 1.82) is 0 Å². The predicted molar refractivity (Wildman–Crippen MR) is 162 cm³/mol. The van der Waals surface area contributed by atoms with E-state index in [1.807, 2.05) is 0 Å². The smallest absolute Gasteiger partial charge is 0.282 e. The maximum Gasteiger partial charge on any atom is 0.282 e. The van der Waals surface area contributed by atoms with Crippen LogP contribution in [0, 0.1) is 20.2 Å². The molecule has 0 radical (unpaired) electrons. The highest BCUT2D eigenvalue weighted by Crippen LogP contribution is 2.27. The number of Topliss-reactive ketones (excluding diaryl/α,β-unsaturated/α-hetero) is 4. The van der Waals surface area contributed by atoms with E-state index < -0.39 is 33.4 Å². The third-order valence-electron chi connectivity index (χ3n) is 7.57. The summed E-state index contributed by atoms with van der Waals surface area (Å²) in [4.78, 5) is 92.5. The molecule has 2 aliphatic rings. The lowest BCUT2D eigenvalue weighted by Gasteiger charge is -2.22. The molecular weight excluding hydrogens is 604 g/mol. The van der Waals surface area contributed by atoms with Crippen LogP contribution in [0.2, 0.25) is 0 Å². The van der Waals surface area contributed by atoms with Crippen LogP contribution < -0.4 is 10.9 Å². The van der Waals surface area contributed by atoms with Gasteiger partial charge in [0.05, 0.1) is 48.1 Å². The molecule has 238 valence electrons. The van der Waals surface area contributed by atoms with Gasteiger partial charge in [0, 0.05) is 31.2 Å². The van der Waals surface area contributed by atoms with Crippen LogP contribution in [0.5, 0.6) is 0 Å². The summed E-state index contributed by atoms with van der Waals surface area (Å²) in [5.74, 6) is -1.74. The maximum absolute atomic E-state index is 12.6. The number of nitro benzene ring substituents is 2. The molecule has 1 heterocycles. The highest BCUT2D eigenvalue weighted by Gasteiger charge is 2.32. The van der Waals surface area contributed by atoms with Crippen LogP contribution in [-0.4, -0.2) is 56.6 Å². The number of non-ortho nitro benzene ring substituents is 1. The predicted octanol–water partition coefficient (Wildman–Crippen LogP) is 3.41. The van der Waals surface area contributed by atoms with Crippen molar-refractivity contribution in [3.63, 3.8) is 0 Å². The Morgan fingerprint density at radius 2 is 1.52 bits per heavy atom. The Morgan fingerprint density at radius 1 is 0.891 bits per heavy atom. The largest absolute Gasteiger partial charge is 0.504 e. The molecule has 0 spiro atoms. The first-order valence-corrected chi connectivity index (χ1v) is 14.1. The second-order valence-corrected chi connectivity index (χ2v) is 10.5. The van der Waals surface area contributed by atoms with Crippen molar-refractivity contribution in [2.75, 3.05) is 7.11 Å². The fourth-order valence-electron chi connectivity index (χ4n) is 5.33. The van der Waals surface area contributed by atoms with Gasteiger partial charge in [-0.05, 0) is 35.9 Å². The molecule has 2 aromatic carbocycles. The zero-order valence-electron chi connectivity index (χ0n) is 24.5. The second kappa shape index (κ2) is 14.3. The molecule has 1 amide bonds. The number of amides is 1. The third kappa shape index (κ3) is 7.26. The van der Waals surface area contributed by atoms with Gasteiger partial charge in [0.15, 0.2) is 11.6 Å². The van der Waals surface area contributed by atoms with E-state index >= 15 is 0 Å². The van der Waals surface area contributed by atoms with Crippen LogP contribution in [-0.2, 0) is 23.9 Å². The summed E-state index contributed by atoms with van der Waals surface area (Å²) in [6.45, 7) is 0. The van der Waals surface area contributed by atoms with Gasteiger partial charge in [-0.3, -0.25) is 49.0 Å². The number of nitrogens with one attached hydrogen (secondary N) is 1. The van der Waals surface area contributed by atoms with Crippen LogP contribution >= 0.6 is 0 Å². The van der Waals surface area contributed by atoms with E-state index in [4.69, 9.17) is 4.74 Å². The number of nitrogens with zero attached hydrogens (tertiary/aromatic N) is 3. The Morgan fingerprint density at radius 3 is 2.15 bits per heavy atom. The van der Waals surface area contributed by atoms with Crippen molar-refractivity contribution in [3.05, 3.63) is 96.6 Å². The van der Waals surface area contributed by atoms with E-state index in [1.165, 1.54) is 60.5 Å². The third-order valence-corrected chi connectivity index (χ3v) is 7.57. The van der Waals surface area contributed by atoms with Crippen molar-refractivity contribution >= 4 is 57.3 Å². The molecule has 2 saturated carbocycles. The average Bonchev–Trinajstić information content (AvgIpc) is 3.01. The lowest BCUT2D eigenvalue weighted by atomic mass is 9.92. The van der Waals surface area contributed by atoms with E-state index in [9.17, 15) is 49.0 Å². The minimum Gasteiger partial charge on any atom is -0.504 e. The Labute approximate surface area is 260 Å². The molecule has 2 fully saturated rings. The number of benzene rings is 2. The topological polar surface area (TPSA) is 215 Å². The number of carbonyl (C=O) groups excluding carboxylic acids is 5. The van der Waals surface area contributed by atoms with Gasteiger partial charge in [0.1, 0.15) is 22.5 Å². The number of methoxy groups -OCH3 is 1. The zero-order valence-corrected chi connectivity index (χ0v) is 24.5. The van der Waals surface area contributed by atoms with Crippen molar-refractivity contribution in [3.8, 4) is 0 Å². The number of ketones is 4. The van der Waals surface area contributed by atoms with Gasteiger partial charge in [-0.1, -0.05) is 24.3 Å². The molecule has 46 heavy (non-hydrogen) atoms. The summed E-state index contributed by atoms with van der Waals surface area (Å²) in [5.41, 5.74) is -1.08. The molecule has 2 unspecified atom stereocenters. The summed E-state index contributed by atoms with van der Waals surface area (Å²) in [6.07, 6.45) is 4.66. The molecule has 2 aliphatic carbocycles. The number of hydrogen-bond acceptors (Lipinski definition) is 11. The molecular formula is C31H28N4O11. The summed E-state index contributed by atoms with van der Waals surface area (Å²) in [6, 6.07) is 8.62. The summed E-state index contributed by atoms with van der Waals surface area (Å²) in [7, 11) is 1.41. The molecule has 1 N–H and O–H groups in total. The summed E-state index contributed by atoms with van der Waals surface area (Å²) >= 11 is 0. The van der Waals surface area contributed by atoms with Gasteiger partial charge in [-0.25, -0.2) is 0 Å². The molecule has 3 aromatic rings. The lowest BCUT2D eigenvalue weighted by Crippen LogP contribution is -2.44. The first-order valence-electron chi connectivity index (χ1n) is 14.1. The SMILES string of the molecule is CO/C=C/c1cccc([N+](=O)[O-])c1C(=O)NC1CCC(=O)CC1=O.O=C1CCC(n2ccc3cccc([N+](=O)[O-])c3c2=O)C(=O)C1. The zero-order chi connectivity index (χ0) is 33.5. The average molecular weight is 633 g/mol. The van der Waals surface area contributed by atoms with Gasteiger partial charge >= 0.3 is 0 Å². The van der Waals surface area contributed by atoms with Gasteiger partial charge in [-0.2, -0.15) is 0 Å². The van der Waals surface area contributed by atoms with Crippen molar-refractivity contribution in [1.82, 2.24) is 9.88 Å².